The molecule has 0 bridgehead atoms. The predicted octanol–water partition coefficient (Wildman–Crippen LogP) is -0.929. The van der Waals surface area contributed by atoms with Crippen LogP contribution >= 0.6 is 0 Å². The molecule has 0 aliphatic carbocycles. The van der Waals surface area contributed by atoms with Crippen molar-refractivity contribution in [2.45, 2.75) is 0 Å². The van der Waals surface area contributed by atoms with Gasteiger partial charge in [-0.15, -0.1) is 0 Å². The third-order valence-electron chi connectivity index (χ3n) is 0.167. The molecule has 0 aromatic carbocycles. The fraction of sp³-hybridized carbons (Fsp3) is 0.667. The molecule has 5 heteroatoms. The van der Waals surface area contributed by atoms with Crippen molar-refractivity contribution < 1.29 is 36.9 Å². The average Bonchev–Trinajstić information content (AvgIpc) is 1.69. The molecule has 0 amide bonds. The van der Waals surface area contributed by atoms with Crippen LogP contribution in [0.5, 0.6) is 0 Å². The third-order valence-corrected chi connectivity index (χ3v) is 0.167. The van der Waals surface area contributed by atoms with Crippen molar-refractivity contribution in [2.24, 2.45) is 0 Å². The number of carbonyl (C=O) groups excluding carboxylic acids is 1. The van der Waals surface area contributed by atoms with Gasteiger partial charge >= 0.3 is 29.3 Å². The normalized spacial score (nSPS) is 6.50. The summed E-state index contributed by atoms with van der Waals surface area (Å²) in [5, 5.41) is 9.03. The fourth-order valence-corrected chi connectivity index (χ4v) is 0. The molecule has 0 spiro atoms. The summed E-state index contributed by atoms with van der Waals surface area (Å²) in [7, 11) is 2.72. The van der Waals surface area contributed by atoms with E-state index < -0.39 is 6.16 Å². The number of methoxy groups -OCH3 is 1. The summed E-state index contributed by atoms with van der Waals surface area (Å²) in [6.45, 7) is 0. The van der Waals surface area contributed by atoms with Gasteiger partial charge in [0.2, 0.25) is 0 Å². The summed E-state index contributed by atoms with van der Waals surface area (Å²) < 4.78 is 7.93. The maximum absolute atomic E-state index is 9.03. The molecule has 0 aliphatic heterocycles. The van der Waals surface area contributed by atoms with Crippen molar-refractivity contribution in [3.8, 4) is 0 Å². The van der Waals surface area contributed by atoms with E-state index in [1.165, 1.54) is 0 Å². The molecule has 0 aliphatic rings. The topological polar surface area (TPSA) is 58.6 Å². The molecule has 0 saturated carbocycles. The van der Waals surface area contributed by atoms with Gasteiger partial charge in [0.25, 0.3) is 6.16 Å². The molecule has 0 N–H and O–H groups in total. The minimum absolute atomic E-state index is 0.944. The molecule has 44 valence electrons. The van der Waals surface area contributed by atoms with E-state index in [0.717, 1.165) is 25.8 Å². The standard InChI is InChI=1S/C2H4O3.CH3O.Zn/c1-5-2(3)4;1-2;/h1H3,(H,3,4);1H3;/q;-1;+2/p-1. The van der Waals surface area contributed by atoms with E-state index in [1.54, 1.807) is 7.11 Å². The first kappa shape index (κ1) is 10.8. The van der Waals surface area contributed by atoms with Crippen molar-refractivity contribution in [2.75, 3.05) is 14.2 Å². The van der Waals surface area contributed by atoms with Crippen LogP contribution in [0.25, 0.3) is 0 Å². The van der Waals surface area contributed by atoms with Crippen molar-refractivity contribution in [3.05, 3.63) is 0 Å². The first-order valence-corrected chi connectivity index (χ1v) is 2.93. The number of rotatable bonds is 0. The number of carbonyl (C=O) groups is 1. The first-order chi connectivity index (χ1) is 3.68. The van der Waals surface area contributed by atoms with E-state index in [2.05, 4.69) is 8.30 Å². The Kier molecular flexibility index (Phi) is 13.4. The van der Waals surface area contributed by atoms with E-state index in [0.29, 0.717) is 0 Å². The molecule has 0 fully saturated rings. The van der Waals surface area contributed by atoms with E-state index in [9.17, 15) is 0 Å². The second-order valence-electron chi connectivity index (χ2n) is 0.743. The van der Waals surface area contributed by atoms with Crippen molar-refractivity contribution in [1.29, 1.82) is 0 Å². The second kappa shape index (κ2) is 9.97. The SMILES string of the molecule is COC(=O)[O-].C[O][Zn+]. The molecule has 0 aromatic rings. The molecule has 8 heavy (non-hydrogen) atoms. The molecule has 0 unspecified atom stereocenters. The van der Waals surface area contributed by atoms with Gasteiger partial charge in [-0.05, 0) is 0 Å². The van der Waals surface area contributed by atoms with Crippen LogP contribution in [-0.2, 0) is 27.0 Å². The van der Waals surface area contributed by atoms with Gasteiger partial charge in [-0.25, -0.2) is 0 Å². The molecular formula is C3H6O4Zn. The van der Waals surface area contributed by atoms with Crippen molar-refractivity contribution in [1.82, 2.24) is 0 Å². The maximum atomic E-state index is 9.03. The summed E-state index contributed by atoms with van der Waals surface area (Å²) in [6.07, 6.45) is -1.50. The van der Waals surface area contributed by atoms with Crippen LogP contribution in [0.1, 0.15) is 0 Å². The van der Waals surface area contributed by atoms with Gasteiger partial charge in [-0.1, -0.05) is 0 Å². The molecule has 4 nitrogen and oxygen atoms in total. The summed E-state index contributed by atoms with van der Waals surface area (Å²) in [5.41, 5.74) is 0. The van der Waals surface area contributed by atoms with Crippen molar-refractivity contribution in [3.63, 3.8) is 0 Å². The molecule has 0 atom stereocenters. The van der Waals surface area contributed by atoms with Crippen LogP contribution in [-0.4, -0.2) is 20.4 Å². The zero-order chi connectivity index (χ0) is 6.99. The number of carboxylic acid groups (broad SMARTS) is 1. The monoisotopic (exact) mass is 170 g/mol. The van der Waals surface area contributed by atoms with E-state index >= 15 is 0 Å². The van der Waals surface area contributed by atoms with Gasteiger partial charge in [-0.3, -0.25) is 0 Å². The molecule has 0 aromatic heterocycles. The van der Waals surface area contributed by atoms with Gasteiger partial charge < -0.3 is 14.6 Å². The first-order valence-electron chi connectivity index (χ1n) is 1.72. The Morgan fingerprint density at radius 2 is 1.75 bits per heavy atom. The second-order valence-corrected chi connectivity index (χ2v) is 1.95. The van der Waals surface area contributed by atoms with Gasteiger partial charge in [-0.2, -0.15) is 0 Å². The van der Waals surface area contributed by atoms with E-state index in [-0.39, 0.29) is 0 Å². The van der Waals surface area contributed by atoms with Crippen LogP contribution in [0.2, 0.25) is 0 Å². The van der Waals surface area contributed by atoms with E-state index in [1.807, 2.05) is 0 Å². The van der Waals surface area contributed by atoms with E-state index in [4.69, 9.17) is 9.90 Å². The van der Waals surface area contributed by atoms with Crippen LogP contribution in [0.4, 0.5) is 4.79 Å². The average molecular weight is 171 g/mol. The molecule has 0 saturated heterocycles. The Balaban J connectivity index is 0. The Labute approximate surface area is 57.9 Å². The molecule has 0 radical (unpaired) electrons. The summed E-state index contributed by atoms with van der Waals surface area (Å²) in [6, 6.07) is 0. The van der Waals surface area contributed by atoms with Gasteiger partial charge in [0, 0.05) is 7.11 Å². The summed E-state index contributed by atoms with van der Waals surface area (Å²) >= 11 is 0.944. The zero-order valence-electron chi connectivity index (χ0n) is 4.84. The molecule has 0 rings (SSSR count). The quantitative estimate of drug-likeness (QED) is 0.349. The van der Waals surface area contributed by atoms with Crippen LogP contribution in [0.15, 0.2) is 0 Å². The van der Waals surface area contributed by atoms with Gasteiger partial charge in [0.15, 0.2) is 0 Å². The Morgan fingerprint density at radius 3 is 1.75 bits per heavy atom. The number of hydrogen-bond donors (Lipinski definition) is 0. The van der Waals surface area contributed by atoms with Crippen LogP contribution in [0.3, 0.4) is 0 Å². The Hall–Kier alpha value is -0.147. The van der Waals surface area contributed by atoms with Crippen LogP contribution < -0.4 is 5.11 Å². The Morgan fingerprint density at radius 1 is 1.62 bits per heavy atom. The Bertz CT molecular complexity index is 55.2. The third kappa shape index (κ3) is 40.1. The fourth-order valence-electron chi connectivity index (χ4n) is 0. The van der Waals surface area contributed by atoms with Crippen LogP contribution in [0, 0.1) is 0 Å². The molecule has 0 heterocycles. The number of ether oxygens (including phenoxy) is 1. The summed E-state index contributed by atoms with van der Waals surface area (Å²) in [4.78, 5) is 9.03. The summed E-state index contributed by atoms with van der Waals surface area (Å²) in [5.74, 6) is 0. The minimum atomic E-state index is -1.50. The zero-order valence-corrected chi connectivity index (χ0v) is 7.81. The number of hydrogen-bond acceptors (Lipinski definition) is 4. The van der Waals surface area contributed by atoms with Gasteiger partial charge in [0.05, 0.1) is 0 Å². The van der Waals surface area contributed by atoms with Crippen molar-refractivity contribution >= 4 is 6.16 Å². The predicted molar refractivity (Wildman–Crippen MR) is 19.4 cm³/mol. The molecular weight excluding hydrogens is 165 g/mol. The van der Waals surface area contributed by atoms with Gasteiger partial charge in [0.1, 0.15) is 0 Å².